The van der Waals surface area contributed by atoms with E-state index >= 15 is 0 Å². The van der Waals surface area contributed by atoms with E-state index in [0.29, 0.717) is 0 Å². The van der Waals surface area contributed by atoms with Crippen LogP contribution in [0.25, 0.3) is 0 Å². The molecule has 29 heavy (non-hydrogen) atoms. The zero-order chi connectivity index (χ0) is 20.2. The lowest BCUT2D eigenvalue weighted by Gasteiger charge is -2.47. The molecule has 0 fully saturated rings. The van der Waals surface area contributed by atoms with Crippen LogP contribution in [0.3, 0.4) is 0 Å². The Morgan fingerprint density at radius 3 is 1.03 bits per heavy atom. The molecule has 0 spiro atoms. The summed E-state index contributed by atoms with van der Waals surface area (Å²) >= 11 is 0. The average molecular weight is 398 g/mol. The number of aliphatic hydroxyl groups is 1. The normalized spacial score (nSPS) is 11.9. The molecule has 0 saturated carbocycles. The smallest absolute Gasteiger partial charge is 0.159 e. The molecule has 1 N–H and O–H groups in total. The average Bonchev–Trinajstić information content (AvgIpc) is 2.82. The van der Waals surface area contributed by atoms with Crippen molar-refractivity contribution in [2.24, 2.45) is 0 Å². The quantitative estimate of drug-likeness (QED) is 0.424. The highest BCUT2D eigenvalue weighted by Gasteiger charge is 2.55. The van der Waals surface area contributed by atoms with Crippen LogP contribution < -0.4 is 0 Å². The predicted octanol–water partition coefficient (Wildman–Crippen LogP) is 5.67. The first-order valence-corrected chi connectivity index (χ1v) is 10.0. The van der Waals surface area contributed by atoms with E-state index in [-0.39, 0.29) is 0 Å². The first-order chi connectivity index (χ1) is 14.2. The van der Waals surface area contributed by atoms with E-state index in [9.17, 15) is 5.11 Å². The molecule has 0 aliphatic carbocycles. The van der Waals surface area contributed by atoms with E-state index in [1.54, 1.807) is 0 Å². The molecule has 4 aromatic carbocycles. The van der Waals surface area contributed by atoms with E-state index in [4.69, 9.17) is 4.52 Å². The standard InChI is InChI=1S/C26H23O2P/c27-25(21-13-5-1-6-14-21,22-15-7-2-8-16-22)26(28-29,23-17-9-3-10-18-23)24-19-11-4-12-20-24/h1-20,27H,29H2. The summed E-state index contributed by atoms with van der Waals surface area (Å²) in [7, 11) is 2.40. The molecule has 0 radical (unpaired) electrons. The molecule has 0 aliphatic rings. The molecule has 4 rings (SSSR count). The molecule has 2 nitrogen and oxygen atoms in total. The van der Waals surface area contributed by atoms with Crippen LogP contribution in [0.2, 0.25) is 0 Å². The molecular formula is C26H23O2P. The van der Waals surface area contributed by atoms with Gasteiger partial charge in [0, 0.05) is 9.47 Å². The Morgan fingerprint density at radius 1 is 0.483 bits per heavy atom. The van der Waals surface area contributed by atoms with Crippen molar-refractivity contribution in [2.75, 3.05) is 0 Å². The van der Waals surface area contributed by atoms with Crippen molar-refractivity contribution in [3.63, 3.8) is 0 Å². The fraction of sp³-hybridized carbons (Fsp3) is 0.0769. The van der Waals surface area contributed by atoms with Crippen molar-refractivity contribution in [1.29, 1.82) is 0 Å². The van der Waals surface area contributed by atoms with Crippen molar-refractivity contribution < 1.29 is 9.63 Å². The molecule has 0 bridgehead atoms. The Hall–Kier alpha value is -2.77. The number of rotatable bonds is 6. The molecule has 0 aliphatic heterocycles. The van der Waals surface area contributed by atoms with Crippen LogP contribution in [0.5, 0.6) is 0 Å². The molecule has 1 atom stereocenters. The Bertz CT molecular complexity index is 956. The topological polar surface area (TPSA) is 29.5 Å². The van der Waals surface area contributed by atoms with Gasteiger partial charge in [0.2, 0.25) is 0 Å². The van der Waals surface area contributed by atoms with Gasteiger partial charge in [0.25, 0.3) is 0 Å². The van der Waals surface area contributed by atoms with Gasteiger partial charge in [-0.1, -0.05) is 121 Å². The van der Waals surface area contributed by atoms with Crippen molar-refractivity contribution in [1.82, 2.24) is 0 Å². The predicted molar refractivity (Wildman–Crippen MR) is 120 cm³/mol. The highest BCUT2D eigenvalue weighted by atomic mass is 31.0. The van der Waals surface area contributed by atoms with Crippen LogP contribution in [-0.4, -0.2) is 5.11 Å². The summed E-state index contributed by atoms with van der Waals surface area (Å²) in [5, 5.41) is 12.6. The van der Waals surface area contributed by atoms with E-state index in [0.717, 1.165) is 22.3 Å². The van der Waals surface area contributed by atoms with Gasteiger partial charge in [0.15, 0.2) is 11.2 Å². The van der Waals surface area contributed by atoms with Gasteiger partial charge in [0.1, 0.15) is 0 Å². The van der Waals surface area contributed by atoms with Crippen LogP contribution in [0.4, 0.5) is 0 Å². The fourth-order valence-corrected chi connectivity index (χ4v) is 4.53. The highest BCUT2D eigenvalue weighted by molar-refractivity contribution is 7.09. The van der Waals surface area contributed by atoms with Gasteiger partial charge in [-0.05, 0) is 22.3 Å². The minimum absolute atomic E-state index is 0.751. The largest absolute Gasteiger partial charge is 0.377 e. The lowest BCUT2D eigenvalue weighted by atomic mass is 9.66. The molecule has 0 heterocycles. The minimum Gasteiger partial charge on any atom is -0.377 e. The summed E-state index contributed by atoms with van der Waals surface area (Å²) in [5.74, 6) is 0. The summed E-state index contributed by atoms with van der Waals surface area (Å²) in [5.41, 5.74) is 0.540. The van der Waals surface area contributed by atoms with Gasteiger partial charge in [-0.3, -0.25) is 0 Å². The summed E-state index contributed by atoms with van der Waals surface area (Å²) in [6.45, 7) is 0. The van der Waals surface area contributed by atoms with Gasteiger partial charge in [-0.25, -0.2) is 0 Å². The zero-order valence-corrected chi connectivity index (χ0v) is 17.1. The van der Waals surface area contributed by atoms with E-state index in [2.05, 4.69) is 9.47 Å². The molecule has 3 heteroatoms. The van der Waals surface area contributed by atoms with E-state index in [1.807, 2.05) is 121 Å². The van der Waals surface area contributed by atoms with Crippen LogP contribution in [0.1, 0.15) is 22.3 Å². The van der Waals surface area contributed by atoms with Crippen molar-refractivity contribution in [3.8, 4) is 0 Å². The Labute approximate surface area is 174 Å². The van der Waals surface area contributed by atoms with Crippen LogP contribution in [0, 0.1) is 0 Å². The summed E-state index contributed by atoms with van der Waals surface area (Å²) < 4.78 is 6.25. The van der Waals surface area contributed by atoms with Crippen molar-refractivity contribution in [2.45, 2.75) is 11.2 Å². The number of benzene rings is 4. The lowest BCUT2D eigenvalue weighted by molar-refractivity contribution is -0.0870. The molecule has 1 unspecified atom stereocenters. The molecule has 0 saturated heterocycles. The SMILES string of the molecule is OC(c1ccccc1)(c1ccccc1)C(OP)(c1ccccc1)c1ccccc1. The Balaban J connectivity index is 2.13. The van der Waals surface area contributed by atoms with Crippen LogP contribution in [0.15, 0.2) is 121 Å². The van der Waals surface area contributed by atoms with Crippen molar-refractivity contribution in [3.05, 3.63) is 144 Å². The zero-order valence-electron chi connectivity index (χ0n) is 16.0. The lowest BCUT2D eigenvalue weighted by Crippen LogP contribution is -2.51. The third-order valence-electron chi connectivity index (χ3n) is 5.43. The first kappa shape index (κ1) is 19.5. The van der Waals surface area contributed by atoms with Gasteiger partial charge in [0.05, 0.1) is 0 Å². The van der Waals surface area contributed by atoms with Gasteiger partial charge in [-0.2, -0.15) is 0 Å². The summed E-state index contributed by atoms with van der Waals surface area (Å²) in [6, 6.07) is 39.2. The molecular weight excluding hydrogens is 375 g/mol. The number of hydrogen-bond donors (Lipinski definition) is 1. The fourth-order valence-electron chi connectivity index (χ4n) is 4.08. The van der Waals surface area contributed by atoms with Gasteiger partial charge < -0.3 is 9.63 Å². The van der Waals surface area contributed by atoms with E-state index < -0.39 is 11.2 Å². The third-order valence-corrected chi connectivity index (χ3v) is 5.78. The molecule has 4 aromatic rings. The maximum Gasteiger partial charge on any atom is 0.159 e. The first-order valence-electron chi connectivity index (χ1n) is 9.56. The monoisotopic (exact) mass is 398 g/mol. The van der Waals surface area contributed by atoms with E-state index in [1.165, 1.54) is 0 Å². The maximum absolute atomic E-state index is 12.6. The summed E-state index contributed by atoms with van der Waals surface area (Å²) in [4.78, 5) is 0. The van der Waals surface area contributed by atoms with Gasteiger partial charge in [-0.15, -0.1) is 0 Å². The van der Waals surface area contributed by atoms with Crippen LogP contribution in [-0.2, 0) is 15.7 Å². The molecule has 0 aromatic heterocycles. The summed E-state index contributed by atoms with van der Waals surface area (Å²) in [6.07, 6.45) is 0. The highest BCUT2D eigenvalue weighted by Crippen LogP contribution is 2.53. The molecule has 144 valence electrons. The second kappa shape index (κ2) is 8.31. The second-order valence-electron chi connectivity index (χ2n) is 6.97. The molecule has 0 amide bonds. The van der Waals surface area contributed by atoms with Gasteiger partial charge >= 0.3 is 0 Å². The second-order valence-corrected chi connectivity index (χ2v) is 7.21. The van der Waals surface area contributed by atoms with Crippen molar-refractivity contribution >= 4 is 9.47 Å². The maximum atomic E-state index is 12.6. The third kappa shape index (κ3) is 3.20. The Morgan fingerprint density at radius 2 is 0.759 bits per heavy atom. The number of hydrogen-bond acceptors (Lipinski definition) is 2. The minimum atomic E-state index is -1.49. The Kier molecular flexibility index (Phi) is 5.60. The van der Waals surface area contributed by atoms with Crippen LogP contribution >= 0.6 is 9.47 Å².